The molecule has 0 aliphatic rings. The molecule has 1 amide bonds. The van der Waals surface area contributed by atoms with Crippen LogP contribution in [-0.2, 0) is 11.2 Å². The summed E-state index contributed by atoms with van der Waals surface area (Å²) in [5.74, 6) is 0.806. The maximum absolute atomic E-state index is 12.1. The van der Waals surface area contributed by atoms with Crippen LogP contribution in [0.3, 0.4) is 0 Å². The smallest absolute Gasteiger partial charge is 0.226 e. The third-order valence-corrected chi connectivity index (χ3v) is 4.62. The van der Waals surface area contributed by atoms with Crippen LogP contribution >= 0.6 is 11.3 Å². The lowest BCUT2D eigenvalue weighted by atomic mass is 10.2. The van der Waals surface area contributed by atoms with Crippen molar-refractivity contribution in [1.29, 1.82) is 0 Å². The van der Waals surface area contributed by atoms with Crippen molar-refractivity contribution in [2.24, 2.45) is 0 Å². The second-order valence-corrected chi connectivity index (χ2v) is 6.56. The molecule has 0 spiro atoms. The Kier molecular flexibility index (Phi) is 4.65. The quantitative estimate of drug-likeness (QED) is 0.568. The molecule has 0 aromatic carbocycles. The Labute approximate surface area is 153 Å². The van der Waals surface area contributed by atoms with Crippen LogP contribution in [0.15, 0.2) is 54.2 Å². The highest BCUT2D eigenvalue weighted by molar-refractivity contribution is 7.14. The number of hydrogen-bond donors (Lipinski definition) is 1. The van der Waals surface area contributed by atoms with Gasteiger partial charge in [-0.3, -0.25) is 14.2 Å². The fourth-order valence-corrected chi connectivity index (χ4v) is 3.33. The van der Waals surface area contributed by atoms with E-state index in [1.807, 2.05) is 52.4 Å². The zero-order chi connectivity index (χ0) is 17.8. The first-order chi connectivity index (χ1) is 12.8. The van der Waals surface area contributed by atoms with Crippen molar-refractivity contribution >= 4 is 28.0 Å². The molecule has 0 fully saturated rings. The van der Waals surface area contributed by atoms with Crippen LogP contribution < -0.4 is 5.32 Å². The first-order valence-electron chi connectivity index (χ1n) is 8.25. The van der Waals surface area contributed by atoms with Crippen LogP contribution in [0, 0.1) is 0 Å². The van der Waals surface area contributed by atoms with E-state index in [1.165, 1.54) is 11.3 Å². The maximum Gasteiger partial charge on any atom is 0.226 e. The molecule has 1 N–H and O–H groups in total. The highest BCUT2D eigenvalue weighted by Crippen LogP contribution is 2.23. The normalized spacial score (nSPS) is 10.9. The van der Waals surface area contributed by atoms with E-state index in [9.17, 15) is 4.79 Å². The monoisotopic (exact) mass is 364 g/mol. The number of aryl methyl sites for hydroxylation is 1. The molecule has 0 saturated carbocycles. The summed E-state index contributed by atoms with van der Waals surface area (Å²) in [4.78, 5) is 20.8. The van der Waals surface area contributed by atoms with E-state index in [-0.39, 0.29) is 5.91 Å². The molecule has 0 aliphatic heterocycles. The number of carbonyl (C=O) groups excluding carboxylic acids is 1. The fraction of sp³-hybridized carbons (Fsp3) is 0.167. The number of aromatic nitrogens is 5. The summed E-state index contributed by atoms with van der Waals surface area (Å²) in [5.41, 5.74) is 2.38. The molecule has 0 aliphatic carbocycles. The van der Waals surface area contributed by atoms with Crippen molar-refractivity contribution in [3.63, 3.8) is 0 Å². The number of thiazole rings is 1. The Balaban J connectivity index is 1.31. The molecule has 0 unspecified atom stereocenters. The van der Waals surface area contributed by atoms with Gasteiger partial charge in [-0.2, -0.15) is 0 Å². The second-order valence-electron chi connectivity index (χ2n) is 5.70. The van der Waals surface area contributed by atoms with Crippen LogP contribution in [0.2, 0.25) is 0 Å². The molecule has 0 bridgehead atoms. The molecule has 0 atom stereocenters. The molecule has 4 heterocycles. The van der Waals surface area contributed by atoms with Crippen LogP contribution in [0.4, 0.5) is 5.13 Å². The van der Waals surface area contributed by atoms with Crippen LogP contribution in [0.1, 0.15) is 18.7 Å². The lowest BCUT2D eigenvalue weighted by molar-refractivity contribution is -0.116. The predicted molar refractivity (Wildman–Crippen MR) is 99.9 cm³/mol. The number of pyridine rings is 2. The summed E-state index contributed by atoms with van der Waals surface area (Å²) in [6.07, 6.45) is 5.44. The molecule has 7 nitrogen and oxygen atoms in total. The molecular formula is C18H16N6OS. The maximum atomic E-state index is 12.1. The molecule has 4 aromatic rings. The Morgan fingerprint density at radius 3 is 2.92 bits per heavy atom. The van der Waals surface area contributed by atoms with E-state index < -0.39 is 0 Å². The zero-order valence-corrected chi connectivity index (χ0v) is 14.7. The molecule has 8 heteroatoms. The van der Waals surface area contributed by atoms with Gasteiger partial charge in [-0.05, 0) is 30.7 Å². The van der Waals surface area contributed by atoms with E-state index in [4.69, 9.17) is 0 Å². The fourth-order valence-electron chi connectivity index (χ4n) is 2.61. The van der Waals surface area contributed by atoms with Crippen molar-refractivity contribution in [3.05, 3.63) is 60.0 Å². The number of fused-ring (bicyclic) bond motifs is 1. The third kappa shape index (κ3) is 3.60. The molecule has 26 heavy (non-hydrogen) atoms. The first-order valence-corrected chi connectivity index (χ1v) is 9.13. The first kappa shape index (κ1) is 16.3. The van der Waals surface area contributed by atoms with Gasteiger partial charge in [0.25, 0.3) is 0 Å². The Morgan fingerprint density at radius 1 is 1.12 bits per heavy atom. The van der Waals surface area contributed by atoms with Gasteiger partial charge in [0, 0.05) is 30.6 Å². The average molecular weight is 364 g/mol. The molecule has 4 aromatic heterocycles. The van der Waals surface area contributed by atoms with Gasteiger partial charge >= 0.3 is 0 Å². The van der Waals surface area contributed by atoms with Crippen LogP contribution in [-0.4, -0.2) is 30.5 Å². The van der Waals surface area contributed by atoms with Crippen molar-refractivity contribution < 1.29 is 4.79 Å². The Morgan fingerprint density at radius 2 is 2.04 bits per heavy atom. The third-order valence-electron chi connectivity index (χ3n) is 3.87. The summed E-state index contributed by atoms with van der Waals surface area (Å²) in [5, 5.41) is 13.6. The number of hydrogen-bond acceptors (Lipinski definition) is 6. The van der Waals surface area contributed by atoms with Crippen LogP contribution in [0.25, 0.3) is 17.0 Å². The number of carbonyl (C=O) groups is 1. The summed E-state index contributed by atoms with van der Waals surface area (Å²) in [6.45, 7) is 0. The minimum atomic E-state index is -0.0549. The lowest BCUT2D eigenvalue weighted by Crippen LogP contribution is -2.11. The SMILES string of the molecule is O=C(CCCc1nnc2ccccn12)Nc1nc(-c2ccccn2)cs1. The largest absolute Gasteiger partial charge is 0.302 e. The number of nitrogens with one attached hydrogen (secondary N) is 1. The van der Waals surface area contributed by atoms with Gasteiger partial charge in [0.15, 0.2) is 10.8 Å². The van der Waals surface area contributed by atoms with E-state index in [0.717, 1.165) is 22.9 Å². The molecule has 0 saturated heterocycles. The predicted octanol–water partition coefficient (Wildman–Crippen LogP) is 3.21. The lowest BCUT2D eigenvalue weighted by Gasteiger charge is -2.02. The van der Waals surface area contributed by atoms with Crippen LogP contribution in [0.5, 0.6) is 0 Å². The molecular weight excluding hydrogens is 348 g/mol. The minimum absolute atomic E-state index is 0.0549. The van der Waals surface area contributed by atoms with E-state index in [2.05, 4.69) is 25.5 Å². The van der Waals surface area contributed by atoms with E-state index in [1.54, 1.807) is 6.20 Å². The van der Waals surface area contributed by atoms with Gasteiger partial charge < -0.3 is 5.32 Å². The van der Waals surface area contributed by atoms with Gasteiger partial charge in [-0.1, -0.05) is 12.1 Å². The van der Waals surface area contributed by atoms with Gasteiger partial charge in [0.2, 0.25) is 5.91 Å². The van der Waals surface area contributed by atoms with E-state index in [0.29, 0.717) is 24.4 Å². The Bertz CT molecular complexity index is 1030. The molecule has 130 valence electrons. The summed E-state index contributed by atoms with van der Waals surface area (Å²) < 4.78 is 1.94. The van der Waals surface area contributed by atoms with Crippen molar-refractivity contribution in [2.75, 3.05) is 5.32 Å². The van der Waals surface area contributed by atoms with Crippen molar-refractivity contribution in [1.82, 2.24) is 24.6 Å². The highest BCUT2D eigenvalue weighted by atomic mass is 32.1. The highest BCUT2D eigenvalue weighted by Gasteiger charge is 2.10. The minimum Gasteiger partial charge on any atom is -0.302 e. The number of amides is 1. The zero-order valence-electron chi connectivity index (χ0n) is 13.9. The van der Waals surface area contributed by atoms with Gasteiger partial charge in [-0.25, -0.2) is 4.98 Å². The summed E-state index contributed by atoms with van der Waals surface area (Å²) in [6, 6.07) is 11.4. The average Bonchev–Trinajstić information content (AvgIpc) is 3.30. The number of rotatable bonds is 6. The van der Waals surface area contributed by atoms with E-state index >= 15 is 0 Å². The molecule has 0 radical (unpaired) electrons. The topological polar surface area (TPSA) is 85.1 Å². The Hall–Kier alpha value is -3.13. The molecule has 4 rings (SSSR count). The summed E-state index contributed by atoms with van der Waals surface area (Å²) in [7, 11) is 0. The second kappa shape index (κ2) is 7.40. The number of anilines is 1. The van der Waals surface area contributed by atoms with Crippen molar-refractivity contribution in [3.8, 4) is 11.4 Å². The van der Waals surface area contributed by atoms with Gasteiger partial charge in [-0.15, -0.1) is 21.5 Å². The standard InChI is InChI=1S/C18H16N6OS/c25-17(9-5-8-16-23-22-15-7-2-4-11-24(15)16)21-18-20-14(12-26-18)13-6-1-3-10-19-13/h1-4,6-7,10-12H,5,8-9H2,(H,20,21,25). The van der Waals surface area contributed by atoms with Gasteiger partial charge in [0.05, 0.1) is 5.69 Å². The van der Waals surface area contributed by atoms with Gasteiger partial charge in [0.1, 0.15) is 11.5 Å². The van der Waals surface area contributed by atoms with Crippen molar-refractivity contribution in [2.45, 2.75) is 19.3 Å². The number of nitrogens with zero attached hydrogens (tertiary/aromatic N) is 5. The summed E-state index contributed by atoms with van der Waals surface area (Å²) >= 11 is 1.40.